The highest BCUT2D eigenvalue weighted by atomic mass is 17.2. The predicted molar refractivity (Wildman–Crippen MR) is 138 cm³/mol. The van der Waals surface area contributed by atoms with Crippen LogP contribution in [0.4, 0.5) is 0 Å². The first-order chi connectivity index (χ1) is 16.4. The maximum Gasteiger partial charge on any atom is 0.154 e. The molecule has 0 radical (unpaired) electrons. The van der Waals surface area contributed by atoms with E-state index in [1.807, 2.05) is 0 Å². The van der Waals surface area contributed by atoms with Crippen LogP contribution in [0, 0.1) is 27.7 Å². The molecular formula is C32H32O2. The van der Waals surface area contributed by atoms with E-state index in [1.165, 1.54) is 22.3 Å². The highest BCUT2D eigenvalue weighted by molar-refractivity contribution is 5.43. The summed E-state index contributed by atoms with van der Waals surface area (Å²) in [5.41, 5.74) is 8.04. The second kappa shape index (κ2) is 8.87. The van der Waals surface area contributed by atoms with Gasteiger partial charge in [-0.15, -0.1) is 0 Å². The minimum Gasteiger partial charge on any atom is -0.219 e. The summed E-state index contributed by atoms with van der Waals surface area (Å²) in [6.45, 7) is 8.45. The molecule has 2 heteroatoms. The molecule has 1 saturated heterocycles. The lowest BCUT2D eigenvalue weighted by Crippen LogP contribution is -2.45. The number of hydrogen-bond donors (Lipinski definition) is 0. The number of rotatable bonds is 4. The fraction of sp³-hybridized carbons (Fsp3) is 0.250. The smallest absolute Gasteiger partial charge is 0.154 e. The minimum absolute atomic E-state index is 0.666. The predicted octanol–water partition coefficient (Wildman–Crippen LogP) is 7.85. The van der Waals surface area contributed by atoms with Crippen LogP contribution in [-0.4, -0.2) is 0 Å². The monoisotopic (exact) mass is 448 g/mol. The molecule has 1 aliphatic heterocycles. The van der Waals surface area contributed by atoms with Crippen molar-refractivity contribution in [1.82, 2.24) is 0 Å². The molecule has 0 spiro atoms. The van der Waals surface area contributed by atoms with Crippen molar-refractivity contribution in [2.24, 2.45) is 0 Å². The quantitative estimate of drug-likeness (QED) is 0.296. The molecule has 34 heavy (non-hydrogen) atoms. The number of aryl methyl sites for hydroxylation is 4. The van der Waals surface area contributed by atoms with E-state index >= 15 is 0 Å². The van der Waals surface area contributed by atoms with Crippen LogP contribution < -0.4 is 0 Å². The summed E-state index contributed by atoms with van der Waals surface area (Å²) in [5.74, 6) is 0. The lowest BCUT2D eigenvalue weighted by Gasteiger charge is -2.46. The molecule has 4 aromatic rings. The molecule has 0 unspecified atom stereocenters. The Balaban J connectivity index is 1.61. The Labute approximate surface area is 203 Å². The van der Waals surface area contributed by atoms with Gasteiger partial charge in [-0.3, -0.25) is 0 Å². The van der Waals surface area contributed by atoms with Gasteiger partial charge in [-0.1, -0.05) is 119 Å². The molecule has 0 N–H and O–H groups in total. The Kier molecular flexibility index (Phi) is 5.89. The molecule has 1 heterocycles. The zero-order valence-electron chi connectivity index (χ0n) is 20.5. The molecule has 0 amide bonds. The molecule has 5 rings (SSSR count). The Hall–Kier alpha value is -3.20. The fourth-order valence-corrected chi connectivity index (χ4v) is 4.97. The van der Waals surface area contributed by atoms with Gasteiger partial charge in [0.15, 0.2) is 11.2 Å². The van der Waals surface area contributed by atoms with Crippen LogP contribution >= 0.6 is 0 Å². The maximum atomic E-state index is 6.60. The van der Waals surface area contributed by atoms with Gasteiger partial charge in [-0.05, 0) is 62.8 Å². The second-order valence-electron chi connectivity index (χ2n) is 9.78. The van der Waals surface area contributed by atoms with Crippen LogP contribution in [-0.2, 0) is 21.0 Å². The topological polar surface area (TPSA) is 18.5 Å². The van der Waals surface area contributed by atoms with Crippen molar-refractivity contribution in [3.05, 3.63) is 142 Å². The zero-order chi connectivity index (χ0) is 23.8. The molecular weight excluding hydrogens is 416 g/mol. The van der Waals surface area contributed by atoms with E-state index in [0.717, 1.165) is 35.1 Å². The first-order valence-electron chi connectivity index (χ1n) is 12.1. The van der Waals surface area contributed by atoms with Crippen LogP contribution in [0.2, 0.25) is 0 Å². The van der Waals surface area contributed by atoms with Crippen molar-refractivity contribution in [3.63, 3.8) is 0 Å². The molecule has 4 aromatic carbocycles. The van der Waals surface area contributed by atoms with Gasteiger partial charge >= 0.3 is 0 Å². The van der Waals surface area contributed by atoms with Gasteiger partial charge in [0.2, 0.25) is 0 Å². The van der Waals surface area contributed by atoms with Crippen molar-refractivity contribution >= 4 is 0 Å². The van der Waals surface area contributed by atoms with E-state index in [0.29, 0.717) is 0 Å². The van der Waals surface area contributed by atoms with Crippen molar-refractivity contribution in [2.75, 3.05) is 0 Å². The Morgan fingerprint density at radius 3 is 0.765 bits per heavy atom. The fourth-order valence-electron chi connectivity index (χ4n) is 4.97. The summed E-state index contributed by atoms with van der Waals surface area (Å²) in [7, 11) is 0. The third kappa shape index (κ3) is 3.98. The average molecular weight is 449 g/mol. The molecule has 172 valence electrons. The third-order valence-corrected chi connectivity index (χ3v) is 7.23. The summed E-state index contributed by atoms with van der Waals surface area (Å²) in [5, 5.41) is 0. The largest absolute Gasteiger partial charge is 0.219 e. The van der Waals surface area contributed by atoms with Crippen molar-refractivity contribution in [2.45, 2.75) is 51.7 Å². The Morgan fingerprint density at radius 2 is 0.588 bits per heavy atom. The van der Waals surface area contributed by atoms with Crippen LogP contribution in [0.1, 0.15) is 57.3 Å². The van der Waals surface area contributed by atoms with Gasteiger partial charge in [0.1, 0.15) is 0 Å². The molecule has 0 aromatic heterocycles. The van der Waals surface area contributed by atoms with E-state index in [1.54, 1.807) is 0 Å². The highest BCUT2D eigenvalue weighted by Gasteiger charge is 2.49. The van der Waals surface area contributed by atoms with Gasteiger partial charge in [0.25, 0.3) is 0 Å². The second-order valence-corrected chi connectivity index (χ2v) is 9.78. The molecule has 1 fully saturated rings. The van der Waals surface area contributed by atoms with Crippen molar-refractivity contribution < 1.29 is 9.78 Å². The molecule has 0 saturated carbocycles. The van der Waals surface area contributed by atoms with E-state index in [-0.39, 0.29) is 0 Å². The van der Waals surface area contributed by atoms with Crippen LogP contribution in [0.5, 0.6) is 0 Å². The van der Waals surface area contributed by atoms with Crippen molar-refractivity contribution in [1.29, 1.82) is 0 Å². The lowest BCUT2D eigenvalue weighted by atomic mass is 9.74. The summed E-state index contributed by atoms with van der Waals surface area (Å²) >= 11 is 0. The normalized spacial score (nSPS) is 16.8. The maximum absolute atomic E-state index is 6.60. The summed E-state index contributed by atoms with van der Waals surface area (Å²) in [4.78, 5) is 13.2. The first kappa shape index (κ1) is 22.6. The lowest BCUT2D eigenvalue weighted by molar-refractivity contribution is -0.432. The van der Waals surface area contributed by atoms with Crippen LogP contribution in [0.25, 0.3) is 0 Å². The van der Waals surface area contributed by atoms with Crippen LogP contribution in [0.15, 0.2) is 97.1 Å². The van der Waals surface area contributed by atoms with Gasteiger partial charge in [0.05, 0.1) is 0 Å². The van der Waals surface area contributed by atoms with E-state index in [4.69, 9.17) is 9.78 Å². The average Bonchev–Trinajstić information content (AvgIpc) is 2.86. The summed E-state index contributed by atoms with van der Waals surface area (Å²) < 4.78 is 0. The van der Waals surface area contributed by atoms with Gasteiger partial charge < -0.3 is 0 Å². The Morgan fingerprint density at radius 1 is 0.382 bits per heavy atom. The SMILES string of the molecule is Cc1ccc(C2(c3ccc(C)cc3)CCC(c3ccc(C)cc3)(c3ccc(C)cc3)OO2)cc1. The number of benzene rings is 4. The van der Waals surface area contributed by atoms with Crippen molar-refractivity contribution in [3.8, 4) is 0 Å². The summed E-state index contributed by atoms with van der Waals surface area (Å²) in [6, 6.07) is 34.6. The number of hydrogen-bond acceptors (Lipinski definition) is 2. The molecule has 0 aliphatic carbocycles. The van der Waals surface area contributed by atoms with E-state index in [9.17, 15) is 0 Å². The standard InChI is InChI=1S/C32H32O2/c1-23-5-13-27(14-6-23)31(28-15-7-24(2)8-16-28)21-22-32(34-33-31,29-17-9-25(3)10-18-29)30-19-11-26(4)12-20-30/h5-20H,21-22H2,1-4H3. The zero-order valence-corrected chi connectivity index (χ0v) is 20.5. The summed E-state index contributed by atoms with van der Waals surface area (Å²) in [6.07, 6.45) is 1.59. The van der Waals surface area contributed by atoms with Crippen LogP contribution in [0.3, 0.4) is 0 Å². The van der Waals surface area contributed by atoms with Gasteiger partial charge in [0, 0.05) is 0 Å². The molecule has 1 aliphatic rings. The van der Waals surface area contributed by atoms with Gasteiger partial charge in [-0.2, -0.15) is 0 Å². The van der Waals surface area contributed by atoms with E-state index in [2.05, 4.69) is 125 Å². The van der Waals surface area contributed by atoms with Gasteiger partial charge in [-0.25, -0.2) is 9.78 Å². The first-order valence-corrected chi connectivity index (χ1v) is 12.1. The minimum atomic E-state index is -0.666. The van der Waals surface area contributed by atoms with E-state index < -0.39 is 11.2 Å². The molecule has 0 atom stereocenters. The highest BCUT2D eigenvalue weighted by Crippen LogP contribution is 2.51. The molecule has 0 bridgehead atoms. The Bertz CT molecular complexity index is 1040. The third-order valence-electron chi connectivity index (χ3n) is 7.23. The molecule has 2 nitrogen and oxygen atoms in total.